The second-order valence-corrected chi connectivity index (χ2v) is 28.1. The van der Waals surface area contributed by atoms with Crippen LogP contribution >= 0.6 is 53.1 Å². The monoisotopic (exact) mass is 1530 g/mol. The van der Waals surface area contributed by atoms with Gasteiger partial charge in [-0.25, -0.2) is 41.3 Å². The molecule has 25 heteroatoms. The number of thioether (sulfide) groups is 3. The topological polar surface area (TPSA) is 188 Å². The van der Waals surface area contributed by atoms with Crippen molar-refractivity contribution in [3.05, 3.63) is 178 Å². The van der Waals surface area contributed by atoms with Gasteiger partial charge < -0.3 is 45.2 Å². The van der Waals surface area contributed by atoms with Crippen molar-refractivity contribution in [1.82, 2.24) is 10.6 Å². The molecule has 0 aliphatic carbocycles. The lowest BCUT2D eigenvalue weighted by Crippen LogP contribution is -2.54. The van der Waals surface area contributed by atoms with E-state index in [0.29, 0.717) is 64.7 Å². The minimum absolute atomic E-state index is 0.0104. The third-order valence-corrected chi connectivity index (χ3v) is 20.6. The van der Waals surface area contributed by atoms with Crippen LogP contribution < -0.4 is 16.4 Å². The smallest absolute Gasteiger partial charge is 0.257 e. The zero-order valence-corrected chi connectivity index (χ0v) is 63.7. The number of carbonyl (C=O) groups is 2. The number of ether oxygens (including phenoxy) is 5. The fourth-order valence-electron chi connectivity index (χ4n) is 12.7. The maximum atomic E-state index is 14.9. The van der Waals surface area contributed by atoms with Gasteiger partial charge >= 0.3 is 0 Å². The SMILES string of the molecule is CC#CC#CC#CC#CC#CC#CC#CC#CC#CC.COC[C@H]1C[C@H]2[C@@H](C)SC(N)=N[C@@]2(c2ccc(F)cc2F)CO1.COC[C@H]1C[C@H]2[C@@H](C)SC(NC(=O)c3ccccc3)=N[C@@]2(c2ccc(F)cc2F)CO1.C[C@H]1SC(NC(=O)c2ccccc2)=N[C@@]2(c3ccc(F)cc3F)CO[C@@H](CO)C[C@@H]12.PP. The minimum atomic E-state index is -1.12. The summed E-state index contributed by atoms with van der Waals surface area (Å²) in [7, 11) is 7.90. The Morgan fingerprint density at radius 3 is 1.10 bits per heavy atom. The zero-order valence-electron chi connectivity index (χ0n) is 58.9. The largest absolute Gasteiger partial charge is 0.394 e. The molecule has 5 aromatic rings. The molecular weight excluding hydrogens is 1460 g/mol. The first-order valence-electron chi connectivity index (χ1n) is 33.0. The number of rotatable bonds is 10. The first-order valence-corrected chi connectivity index (χ1v) is 38.3. The molecule has 2 unspecified atom stereocenters. The van der Waals surface area contributed by atoms with Gasteiger partial charge in [0.1, 0.15) is 51.5 Å². The standard InChI is InChI=1S/C23H24F2N2O3S.C22H22F2N2O3S.C20H6.C16H20F2N2O2S.H4P2/c1-14-19-11-17(12-29-2)30-13-23(19,18-9-8-16(24)10-20(18)25)27-22(31-14)26-21(28)15-6-4-3-5-7-15;1-13-18-10-16(11-27)29-12-22(18,17-8-7-15(23)9-19(17)24)26-21(30-13)25-20(28)14-5-3-2-4-6-14;1-3-5-7-9-11-13-15-17-19-20-18-16-14-12-10-8-6-4-2;1-9-13-6-11(7-21-2)22-8-16(13,20-15(19)23-9)12-4-3-10(17)5-14(12)18;1-2/h3-10,14,17,19H,11-13H2,1-2H3,(H,26,27,28);2-9,13,16,18,27H,10-12H2,1H3,(H,25,26,28);1-2H3;3-5,9,11,13H,6-8H2,1-2H3,(H2,19,20);1-2H2/t14-,17-,19+,23-;13-,16-,18+,22-;;9-,11-,13+,16-;/m11.1./s1. The molecule has 0 radical (unpaired) electrons. The molecule has 6 aliphatic rings. The second-order valence-electron chi connectivity index (χ2n) is 24.0. The van der Waals surface area contributed by atoms with Gasteiger partial charge in [-0.05, 0) is 170 Å². The van der Waals surface area contributed by atoms with E-state index in [-0.39, 0.29) is 101 Å². The maximum absolute atomic E-state index is 14.9. The van der Waals surface area contributed by atoms with Gasteiger partial charge in [-0.15, -0.1) is 17.9 Å². The number of amides is 2. The molecule has 106 heavy (non-hydrogen) atoms. The number of carbonyl (C=O) groups excluding carboxylic acids is 2. The Kier molecular flexibility index (Phi) is 33.8. The summed E-state index contributed by atoms with van der Waals surface area (Å²) in [5, 5.41) is 16.5. The molecule has 5 aromatic carbocycles. The normalized spacial score (nSPS) is 24.3. The number of aliphatic hydroxyl groups is 1. The summed E-state index contributed by atoms with van der Waals surface area (Å²) in [6.07, 6.45) is 1.22. The molecule has 0 saturated carbocycles. The third kappa shape index (κ3) is 22.8. The summed E-state index contributed by atoms with van der Waals surface area (Å²) < 4.78 is 113. The van der Waals surface area contributed by atoms with E-state index in [4.69, 9.17) is 39.4 Å². The van der Waals surface area contributed by atoms with Crippen molar-refractivity contribution in [2.45, 2.75) is 105 Å². The number of benzene rings is 5. The van der Waals surface area contributed by atoms with Gasteiger partial charge in [-0.1, -0.05) is 122 Å². The molecule has 14 atom stereocenters. The van der Waals surface area contributed by atoms with Crippen molar-refractivity contribution in [2.75, 3.05) is 53.9 Å². The van der Waals surface area contributed by atoms with Crippen LogP contribution in [0.15, 0.2) is 130 Å². The van der Waals surface area contributed by atoms with Gasteiger partial charge in [-0.2, -0.15) is 0 Å². The van der Waals surface area contributed by atoms with E-state index in [0.717, 1.165) is 18.2 Å². The zero-order chi connectivity index (χ0) is 76.7. The molecule has 6 heterocycles. The number of amidine groups is 3. The van der Waals surface area contributed by atoms with Crippen molar-refractivity contribution >= 4 is 80.5 Å². The van der Waals surface area contributed by atoms with Crippen molar-refractivity contribution in [3.63, 3.8) is 0 Å². The number of aliphatic hydroxyl groups excluding tert-OH is 1. The molecule has 0 bridgehead atoms. The van der Waals surface area contributed by atoms with Gasteiger partial charge in [-0.3, -0.25) is 9.59 Å². The number of nitrogens with one attached hydrogen (secondary N) is 2. The van der Waals surface area contributed by atoms with Gasteiger partial charge in [0.25, 0.3) is 11.8 Å². The molecule has 5 N–H and O–H groups in total. The molecule has 3 fully saturated rings. The summed E-state index contributed by atoms with van der Waals surface area (Å²) in [5.41, 5.74) is 4.70. The lowest BCUT2D eigenvalue weighted by atomic mass is 9.72. The first-order chi connectivity index (χ1) is 51.2. The van der Waals surface area contributed by atoms with Crippen molar-refractivity contribution in [1.29, 1.82) is 0 Å². The van der Waals surface area contributed by atoms with E-state index in [2.05, 4.69) is 147 Å². The van der Waals surface area contributed by atoms with Crippen LogP contribution in [0.1, 0.15) is 91.3 Å². The van der Waals surface area contributed by atoms with Crippen LogP contribution in [0.4, 0.5) is 26.3 Å². The van der Waals surface area contributed by atoms with Gasteiger partial charge in [0.2, 0.25) is 0 Å². The fourth-order valence-corrected chi connectivity index (χ4v) is 16.2. The van der Waals surface area contributed by atoms with E-state index in [9.17, 15) is 41.0 Å². The molecular formula is C81H76F6N6O8P2S3. The summed E-state index contributed by atoms with van der Waals surface area (Å²) in [5.74, 6) is 40.9. The number of hydrogen-bond donors (Lipinski definition) is 4. The number of nitrogens with two attached hydrogens (primary N) is 1. The van der Waals surface area contributed by atoms with E-state index in [1.807, 2.05) is 26.0 Å². The average molecular weight is 1530 g/mol. The summed E-state index contributed by atoms with van der Waals surface area (Å²) >= 11 is 4.32. The number of hydrogen-bond acceptors (Lipinski definition) is 15. The predicted octanol–water partition coefficient (Wildman–Crippen LogP) is 12.0. The van der Waals surface area contributed by atoms with Crippen LogP contribution in [0, 0.1) is 159 Å². The Hall–Kier alpha value is -8.86. The van der Waals surface area contributed by atoms with Gasteiger partial charge in [0, 0.05) is 93.7 Å². The highest BCUT2D eigenvalue weighted by Crippen LogP contribution is 2.53. The van der Waals surface area contributed by atoms with E-state index < -0.39 is 51.5 Å². The molecule has 0 spiro atoms. The second kappa shape index (κ2) is 42.5. The Morgan fingerprint density at radius 1 is 0.491 bits per heavy atom. The Labute approximate surface area is 633 Å². The lowest BCUT2D eigenvalue weighted by molar-refractivity contribution is -0.0881. The number of methoxy groups -OCH3 is 2. The molecule has 11 rings (SSSR count). The van der Waals surface area contributed by atoms with Crippen LogP contribution in [0.25, 0.3) is 0 Å². The number of halogens is 6. The van der Waals surface area contributed by atoms with Crippen LogP contribution in [0.5, 0.6) is 0 Å². The molecule has 6 aliphatic heterocycles. The highest BCUT2D eigenvalue weighted by molar-refractivity contribution is 8.15. The predicted molar refractivity (Wildman–Crippen MR) is 415 cm³/mol. The molecule has 3 saturated heterocycles. The number of nitrogens with zero attached hydrogens (tertiary/aromatic N) is 3. The van der Waals surface area contributed by atoms with E-state index in [1.54, 1.807) is 76.6 Å². The average Bonchev–Trinajstić information content (AvgIpc) is 0.751. The maximum Gasteiger partial charge on any atom is 0.257 e. The first kappa shape index (κ1) is 84.4. The van der Waals surface area contributed by atoms with Gasteiger partial charge in [0.15, 0.2) is 15.5 Å². The lowest BCUT2D eigenvalue weighted by Gasteiger charge is -2.49. The number of fused-ring (bicyclic) bond motifs is 3. The summed E-state index contributed by atoms with van der Waals surface area (Å²) in [4.78, 5) is 39.5. The van der Waals surface area contributed by atoms with Crippen molar-refractivity contribution in [2.24, 2.45) is 38.5 Å². The highest BCUT2D eigenvalue weighted by Gasteiger charge is 2.55. The van der Waals surface area contributed by atoms with E-state index >= 15 is 0 Å². The van der Waals surface area contributed by atoms with Crippen molar-refractivity contribution < 1.29 is 64.7 Å². The van der Waals surface area contributed by atoms with Gasteiger partial charge in [0.05, 0.1) is 58.0 Å². The molecule has 548 valence electrons. The fraction of sp³-hybridized carbons (Fsp3) is 0.346. The Morgan fingerprint density at radius 2 is 0.792 bits per heavy atom. The third-order valence-electron chi connectivity index (χ3n) is 17.3. The minimum Gasteiger partial charge on any atom is -0.394 e. The summed E-state index contributed by atoms with van der Waals surface area (Å²) in [6, 6.07) is 28.1. The Balaban J connectivity index is 0.000000199. The Bertz CT molecular complexity index is 4590. The van der Waals surface area contributed by atoms with Crippen LogP contribution in [-0.4, -0.2) is 120 Å². The molecule has 0 aromatic heterocycles. The number of aliphatic imine (C=N–C) groups is 3. The molecule has 2 amide bonds. The highest BCUT2D eigenvalue weighted by atomic mass is 32.2. The van der Waals surface area contributed by atoms with Crippen LogP contribution in [-0.2, 0) is 40.3 Å². The molecule has 14 nitrogen and oxygen atoms in total. The van der Waals surface area contributed by atoms with Crippen molar-refractivity contribution in [3.8, 4) is 107 Å². The quantitative estimate of drug-likeness (QED) is 0.0590. The van der Waals surface area contributed by atoms with E-state index in [1.165, 1.54) is 71.7 Å². The van der Waals surface area contributed by atoms with Crippen LogP contribution in [0.3, 0.4) is 0 Å². The van der Waals surface area contributed by atoms with Crippen LogP contribution in [0.2, 0.25) is 0 Å². The summed E-state index contributed by atoms with van der Waals surface area (Å²) in [6.45, 7) is 10.6.